The third-order valence-corrected chi connectivity index (χ3v) is 6.17. The molecule has 1 fully saturated rings. The van der Waals surface area contributed by atoms with Crippen LogP contribution in [-0.4, -0.2) is 25.3 Å². The van der Waals surface area contributed by atoms with Crippen LogP contribution in [0.5, 0.6) is 5.75 Å². The molecule has 3 aromatic heterocycles. The highest BCUT2D eigenvalue weighted by Gasteiger charge is 2.19. The molecule has 5 aromatic rings. The fourth-order valence-electron chi connectivity index (χ4n) is 4.57. The molecular weight excluding hydrogens is 386 g/mol. The number of hydrogen-bond donors (Lipinski definition) is 1. The Balaban J connectivity index is 1.41. The maximum absolute atomic E-state index is 6.37. The summed E-state index contributed by atoms with van der Waals surface area (Å²) >= 11 is 0. The summed E-state index contributed by atoms with van der Waals surface area (Å²) in [6.07, 6.45) is 10.7. The Kier molecular flexibility index (Phi) is 4.16. The predicted molar refractivity (Wildman–Crippen MR) is 123 cm³/mol. The molecule has 6 nitrogen and oxygen atoms in total. The smallest absolute Gasteiger partial charge is 0.157 e. The number of aromatic nitrogens is 4. The standard InChI is InChI=1S/C25H23N5O/c26-25-20(16-27-24-11-13-28-30(24)25)17-9-10-21-18(15-17)12-14-29(21)22-7-3-4-8-23(22)31-19-5-1-2-6-19/h3-4,7-16,19H,1-2,5-6,26H2. The van der Waals surface area contributed by atoms with Gasteiger partial charge in [-0.3, -0.25) is 0 Å². The van der Waals surface area contributed by atoms with Crippen molar-refractivity contribution in [2.45, 2.75) is 31.8 Å². The van der Waals surface area contributed by atoms with E-state index in [-0.39, 0.29) is 0 Å². The Morgan fingerprint density at radius 3 is 2.77 bits per heavy atom. The van der Waals surface area contributed by atoms with Gasteiger partial charge in [-0.05, 0) is 61.6 Å². The number of rotatable bonds is 4. The molecule has 154 valence electrons. The lowest BCUT2D eigenvalue weighted by molar-refractivity contribution is 0.209. The van der Waals surface area contributed by atoms with Crippen LogP contribution in [0.2, 0.25) is 0 Å². The Morgan fingerprint density at radius 2 is 1.87 bits per heavy atom. The SMILES string of the molecule is Nc1c(-c2ccc3c(ccn3-c3ccccc3OC3CCCC3)c2)cnc2ccnn12. The Labute approximate surface area is 179 Å². The molecule has 1 saturated carbocycles. The number of anilines is 1. The lowest BCUT2D eigenvalue weighted by Crippen LogP contribution is -2.12. The molecule has 0 amide bonds. The fourth-order valence-corrected chi connectivity index (χ4v) is 4.57. The number of benzene rings is 2. The van der Waals surface area contributed by atoms with Gasteiger partial charge in [-0.2, -0.15) is 9.61 Å². The van der Waals surface area contributed by atoms with E-state index in [1.54, 1.807) is 10.7 Å². The van der Waals surface area contributed by atoms with Crippen molar-refractivity contribution >= 4 is 22.4 Å². The van der Waals surface area contributed by atoms with E-state index in [1.807, 2.05) is 18.3 Å². The van der Waals surface area contributed by atoms with Crippen molar-refractivity contribution in [2.75, 3.05) is 5.73 Å². The zero-order chi connectivity index (χ0) is 20.8. The summed E-state index contributed by atoms with van der Waals surface area (Å²) in [4.78, 5) is 4.47. The van der Waals surface area contributed by atoms with Crippen LogP contribution in [0.25, 0.3) is 33.4 Å². The van der Waals surface area contributed by atoms with Crippen LogP contribution in [0, 0.1) is 0 Å². The Hall–Kier alpha value is -3.80. The summed E-state index contributed by atoms with van der Waals surface area (Å²) in [5, 5.41) is 5.41. The van der Waals surface area contributed by atoms with Crippen LogP contribution in [0.1, 0.15) is 25.7 Å². The molecule has 0 unspecified atom stereocenters. The molecule has 0 radical (unpaired) electrons. The predicted octanol–water partition coefficient (Wildman–Crippen LogP) is 5.24. The van der Waals surface area contributed by atoms with Gasteiger partial charge in [0.05, 0.1) is 23.5 Å². The topological polar surface area (TPSA) is 70.4 Å². The lowest BCUT2D eigenvalue weighted by Gasteiger charge is -2.17. The summed E-state index contributed by atoms with van der Waals surface area (Å²) in [5.74, 6) is 1.53. The first kappa shape index (κ1) is 18.0. The van der Waals surface area contributed by atoms with Crippen molar-refractivity contribution in [3.63, 3.8) is 0 Å². The molecular formula is C25H23N5O. The van der Waals surface area contributed by atoms with Gasteiger partial charge in [0.15, 0.2) is 5.65 Å². The molecule has 0 atom stereocenters. The molecule has 1 aliphatic rings. The van der Waals surface area contributed by atoms with Crippen LogP contribution in [0.15, 0.2) is 73.2 Å². The third-order valence-electron chi connectivity index (χ3n) is 6.17. The summed E-state index contributed by atoms with van der Waals surface area (Å²) in [6, 6.07) is 18.6. The zero-order valence-electron chi connectivity index (χ0n) is 17.1. The van der Waals surface area contributed by atoms with Gasteiger partial charge in [0.25, 0.3) is 0 Å². The maximum atomic E-state index is 6.37. The minimum absolute atomic E-state index is 0.322. The Bertz CT molecular complexity index is 1390. The molecule has 0 saturated heterocycles. The summed E-state index contributed by atoms with van der Waals surface area (Å²) in [5.41, 5.74) is 11.2. The molecule has 6 heteroatoms. The second-order valence-corrected chi connectivity index (χ2v) is 8.11. The monoisotopic (exact) mass is 409 g/mol. The highest BCUT2D eigenvalue weighted by molar-refractivity contribution is 5.89. The molecule has 0 aliphatic heterocycles. The van der Waals surface area contributed by atoms with Crippen molar-refractivity contribution in [2.24, 2.45) is 0 Å². The highest BCUT2D eigenvalue weighted by atomic mass is 16.5. The van der Waals surface area contributed by atoms with Gasteiger partial charge < -0.3 is 15.0 Å². The van der Waals surface area contributed by atoms with E-state index in [9.17, 15) is 0 Å². The molecule has 3 heterocycles. The van der Waals surface area contributed by atoms with E-state index in [1.165, 1.54) is 12.8 Å². The van der Waals surface area contributed by atoms with Gasteiger partial charge in [0.1, 0.15) is 11.6 Å². The first-order valence-corrected chi connectivity index (χ1v) is 10.7. The molecule has 31 heavy (non-hydrogen) atoms. The van der Waals surface area contributed by atoms with Crippen LogP contribution >= 0.6 is 0 Å². The van der Waals surface area contributed by atoms with Crippen LogP contribution in [0.4, 0.5) is 5.82 Å². The van der Waals surface area contributed by atoms with Crippen molar-refractivity contribution in [1.29, 1.82) is 0 Å². The van der Waals surface area contributed by atoms with E-state index in [2.05, 4.69) is 63.3 Å². The van der Waals surface area contributed by atoms with E-state index in [4.69, 9.17) is 10.5 Å². The third kappa shape index (κ3) is 3.03. The molecule has 1 aliphatic carbocycles. The van der Waals surface area contributed by atoms with Gasteiger partial charge in [0.2, 0.25) is 0 Å². The quantitative estimate of drug-likeness (QED) is 0.440. The van der Waals surface area contributed by atoms with Crippen LogP contribution in [-0.2, 0) is 0 Å². The number of ether oxygens (including phenoxy) is 1. The van der Waals surface area contributed by atoms with Gasteiger partial charge in [-0.1, -0.05) is 18.2 Å². The van der Waals surface area contributed by atoms with Crippen LogP contribution < -0.4 is 10.5 Å². The molecule has 0 spiro atoms. The minimum Gasteiger partial charge on any atom is -0.488 e. The molecule has 2 aromatic carbocycles. The summed E-state index contributed by atoms with van der Waals surface area (Å²) < 4.78 is 10.2. The van der Waals surface area contributed by atoms with Crippen molar-refractivity contribution < 1.29 is 4.74 Å². The number of nitrogens with zero attached hydrogens (tertiary/aromatic N) is 4. The first-order chi connectivity index (χ1) is 15.3. The lowest BCUT2D eigenvalue weighted by atomic mass is 10.1. The van der Waals surface area contributed by atoms with Gasteiger partial charge in [0, 0.05) is 29.4 Å². The number of nitrogens with two attached hydrogens (primary N) is 1. The van der Waals surface area contributed by atoms with Gasteiger partial charge in [-0.25, -0.2) is 4.98 Å². The average molecular weight is 409 g/mol. The number of hydrogen-bond acceptors (Lipinski definition) is 4. The second kappa shape index (κ2) is 7.16. The van der Waals surface area contributed by atoms with Gasteiger partial charge in [-0.15, -0.1) is 0 Å². The first-order valence-electron chi connectivity index (χ1n) is 10.7. The number of nitrogen functional groups attached to an aromatic ring is 1. The van der Waals surface area contributed by atoms with E-state index < -0.39 is 0 Å². The van der Waals surface area contributed by atoms with E-state index >= 15 is 0 Å². The molecule has 6 rings (SSSR count). The average Bonchev–Trinajstić information content (AvgIpc) is 3.55. The summed E-state index contributed by atoms with van der Waals surface area (Å²) in [6.45, 7) is 0. The number of fused-ring (bicyclic) bond motifs is 2. The zero-order valence-corrected chi connectivity index (χ0v) is 17.1. The largest absolute Gasteiger partial charge is 0.488 e. The Morgan fingerprint density at radius 1 is 1.00 bits per heavy atom. The summed E-state index contributed by atoms with van der Waals surface area (Å²) in [7, 11) is 0. The van der Waals surface area contributed by atoms with E-state index in [0.29, 0.717) is 11.9 Å². The molecule has 2 N–H and O–H groups in total. The normalized spacial score (nSPS) is 14.6. The van der Waals surface area contributed by atoms with Crippen molar-refractivity contribution in [3.05, 3.63) is 73.2 Å². The van der Waals surface area contributed by atoms with Crippen molar-refractivity contribution in [3.8, 4) is 22.6 Å². The minimum atomic E-state index is 0.322. The van der Waals surface area contributed by atoms with Gasteiger partial charge >= 0.3 is 0 Å². The fraction of sp³-hybridized carbons (Fsp3) is 0.200. The highest BCUT2D eigenvalue weighted by Crippen LogP contribution is 2.33. The maximum Gasteiger partial charge on any atom is 0.157 e. The van der Waals surface area contributed by atoms with E-state index in [0.717, 1.165) is 52.0 Å². The van der Waals surface area contributed by atoms with Crippen molar-refractivity contribution in [1.82, 2.24) is 19.2 Å². The van der Waals surface area contributed by atoms with Crippen LogP contribution in [0.3, 0.4) is 0 Å². The number of para-hydroxylation sites is 2. The molecule has 0 bridgehead atoms. The second-order valence-electron chi connectivity index (χ2n) is 8.11.